The number of nitrogens with one attached hydrogen (secondary N) is 2. The van der Waals surface area contributed by atoms with Crippen molar-refractivity contribution in [3.05, 3.63) is 70.7 Å². The molecule has 2 amide bonds. The maximum atomic E-state index is 13.5. The van der Waals surface area contributed by atoms with Gasteiger partial charge in [-0.3, -0.25) is 19.2 Å². The zero-order chi connectivity index (χ0) is 24.3. The Bertz CT molecular complexity index is 1310. The second kappa shape index (κ2) is 9.82. The van der Waals surface area contributed by atoms with Gasteiger partial charge in [0.15, 0.2) is 11.2 Å². The molecule has 3 aromatic rings. The first-order valence-corrected chi connectivity index (χ1v) is 13.3. The Balaban J connectivity index is 1.52. The summed E-state index contributed by atoms with van der Waals surface area (Å²) in [5.41, 5.74) is 2.04. The van der Waals surface area contributed by atoms with E-state index in [9.17, 15) is 18.0 Å². The van der Waals surface area contributed by atoms with Gasteiger partial charge in [0.05, 0.1) is 24.2 Å². The lowest BCUT2D eigenvalue weighted by Crippen LogP contribution is -2.51. The van der Waals surface area contributed by atoms with Gasteiger partial charge in [0, 0.05) is 6.54 Å². The van der Waals surface area contributed by atoms with Crippen LogP contribution < -0.4 is 19.7 Å². The van der Waals surface area contributed by atoms with Gasteiger partial charge in [-0.2, -0.15) is 0 Å². The van der Waals surface area contributed by atoms with Gasteiger partial charge in [0.1, 0.15) is 10.6 Å². The van der Waals surface area contributed by atoms with E-state index in [1.807, 2.05) is 30.3 Å². The highest BCUT2D eigenvalue weighted by atomic mass is 32.2. The third kappa shape index (κ3) is 5.54. The summed E-state index contributed by atoms with van der Waals surface area (Å²) in [6, 6.07) is 16.8. The molecule has 9 nitrogen and oxygen atoms in total. The van der Waals surface area contributed by atoms with Crippen LogP contribution in [0.15, 0.2) is 54.6 Å². The molecule has 0 aliphatic carbocycles. The Hall–Kier alpha value is -3.44. The Labute approximate surface area is 201 Å². The van der Waals surface area contributed by atoms with Crippen molar-refractivity contribution in [2.45, 2.75) is 19.4 Å². The van der Waals surface area contributed by atoms with Gasteiger partial charge in [-0.25, -0.2) is 13.4 Å². The van der Waals surface area contributed by atoms with E-state index in [4.69, 9.17) is 4.74 Å². The van der Waals surface area contributed by atoms with Gasteiger partial charge in [-0.15, -0.1) is 0 Å². The minimum absolute atomic E-state index is 0.0131. The smallest absolute Gasteiger partial charge is 0.270 e. The lowest BCUT2D eigenvalue weighted by molar-refractivity contribution is -0.127. The first-order chi connectivity index (χ1) is 16.2. The largest absolute Gasteiger partial charge is 0.477 e. The molecule has 0 fully saturated rings. The Morgan fingerprint density at radius 2 is 1.85 bits per heavy atom. The van der Waals surface area contributed by atoms with E-state index in [2.05, 4.69) is 15.0 Å². The predicted octanol–water partition coefficient (Wildman–Crippen LogP) is 2.59. The molecule has 0 saturated carbocycles. The predicted molar refractivity (Wildman–Crippen MR) is 131 cm³/mol. The number of sulfonamides is 1. The number of benzene rings is 2. The van der Waals surface area contributed by atoms with Crippen LogP contribution in [0.3, 0.4) is 0 Å². The SMILES string of the molecule is Cc1nc(NS(C)(=O)=O)sc1C(=O)N1CC(C(=O)NCCc2ccccc2)Oc2ccccc21. The van der Waals surface area contributed by atoms with Gasteiger partial charge in [0.2, 0.25) is 10.0 Å². The standard InChI is InChI=1S/C23H24N4O5S2/c1-15-20(33-23(25-15)26-34(2,30)31)22(29)27-14-19(32-18-11-7-6-10-17(18)27)21(28)24-13-12-16-8-4-3-5-9-16/h3-11,19H,12-14H2,1-2H3,(H,24,28)(H,25,26). The molecule has 0 radical (unpaired) electrons. The number of rotatable bonds is 7. The van der Waals surface area contributed by atoms with E-state index < -0.39 is 16.1 Å². The maximum absolute atomic E-state index is 13.5. The molecule has 2 N–H and O–H groups in total. The summed E-state index contributed by atoms with van der Waals surface area (Å²) in [4.78, 5) is 32.3. The number of nitrogens with zero attached hydrogens (tertiary/aromatic N) is 2. The van der Waals surface area contributed by atoms with Gasteiger partial charge in [-0.1, -0.05) is 53.8 Å². The summed E-state index contributed by atoms with van der Waals surface area (Å²) < 4.78 is 31.3. The Kier molecular flexibility index (Phi) is 6.85. The number of hydrogen-bond donors (Lipinski definition) is 2. The number of ether oxygens (including phenoxy) is 1. The van der Waals surface area contributed by atoms with Crippen molar-refractivity contribution in [1.29, 1.82) is 0 Å². The number of thiazole rings is 1. The molecule has 1 aliphatic heterocycles. The van der Waals surface area contributed by atoms with Crippen LogP contribution in [0.25, 0.3) is 0 Å². The molecule has 0 spiro atoms. The van der Waals surface area contributed by atoms with Crippen molar-refractivity contribution in [1.82, 2.24) is 10.3 Å². The van der Waals surface area contributed by atoms with Gasteiger partial charge < -0.3 is 10.1 Å². The number of amides is 2. The Morgan fingerprint density at radius 3 is 2.59 bits per heavy atom. The quantitative estimate of drug-likeness (QED) is 0.515. The number of fused-ring (bicyclic) bond motifs is 1. The summed E-state index contributed by atoms with van der Waals surface area (Å²) in [6.07, 6.45) is 0.801. The number of hydrogen-bond acceptors (Lipinski definition) is 7. The molecule has 0 saturated heterocycles. The first-order valence-electron chi connectivity index (χ1n) is 10.6. The molecule has 0 bridgehead atoms. The summed E-state index contributed by atoms with van der Waals surface area (Å²) in [6.45, 7) is 2.09. The van der Waals surface area contributed by atoms with E-state index >= 15 is 0 Å². The topological polar surface area (TPSA) is 118 Å². The highest BCUT2D eigenvalue weighted by Gasteiger charge is 2.35. The van der Waals surface area contributed by atoms with E-state index in [0.717, 1.165) is 23.2 Å². The first kappa shape index (κ1) is 23.7. The fourth-order valence-corrected chi connectivity index (χ4v) is 5.32. The highest BCUT2D eigenvalue weighted by Crippen LogP contribution is 2.35. The van der Waals surface area contributed by atoms with Crippen LogP contribution in [0.2, 0.25) is 0 Å². The molecule has 1 aliphatic rings. The molecule has 1 atom stereocenters. The second-order valence-corrected chi connectivity index (χ2v) is 10.6. The van der Waals surface area contributed by atoms with Crippen molar-refractivity contribution in [3.63, 3.8) is 0 Å². The van der Waals surface area contributed by atoms with Crippen LogP contribution >= 0.6 is 11.3 Å². The number of para-hydroxylation sites is 2. The van der Waals surface area contributed by atoms with Crippen molar-refractivity contribution >= 4 is 44.0 Å². The van der Waals surface area contributed by atoms with Crippen molar-refractivity contribution in [2.24, 2.45) is 0 Å². The van der Waals surface area contributed by atoms with E-state index in [1.54, 1.807) is 31.2 Å². The summed E-state index contributed by atoms with van der Waals surface area (Å²) in [5.74, 6) is -0.278. The molecule has 178 valence electrons. The fourth-order valence-electron chi connectivity index (χ4n) is 3.57. The van der Waals surface area contributed by atoms with Crippen LogP contribution in [0.1, 0.15) is 20.9 Å². The molecule has 34 heavy (non-hydrogen) atoms. The molecule has 2 aromatic carbocycles. The van der Waals surface area contributed by atoms with Gasteiger partial charge in [0.25, 0.3) is 11.8 Å². The summed E-state index contributed by atoms with van der Waals surface area (Å²) >= 11 is 0.950. The Morgan fingerprint density at radius 1 is 1.15 bits per heavy atom. The average molecular weight is 501 g/mol. The summed E-state index contributed by atoms with van der Waals surface area (Å²) in [5, 5.41) is 3.00. The van der Waals surface area contributed by atoms with E-state index in [-0.39, 0.29) is 28.4 Å². The average Bonchev–Trinajstić information content (AvgIpc) is 3.16. The third-order valence-electron chi connectivity index (χ3n) is 5.13. The molecule has 1 aromatic heterocycles. The zero-order valence-corrected chi connectivity index (χ0v) is 20.3. The number of anilines is 2. The molecule has 11 heteroatoms. The number of carbonyl (C=O) groups excluding carboxylic acids is 2. The van der Waals surface area contributed by atoms with Crippen LogP contribution in [-0.4, -0.2) is 50.7 Å². The van der Waals surface area contributed by atoms with Crippen LogP contribution in [0.5, 0.6) is 5.75 Å². The number of aryl methyl sites for hydroxylation is 1. The summed E-state index contributed by atoms with van der Waals surface area (Å²) in [7, 11) is -3.53. The third-order valence-corrected chi connectivity index (χ3v) is 6.88. The van der Waals surface area contributed by atoms with Crippen LogP contribution in [0, 0.1) is 6.92 Å². The number of aromatic nitrogens is 1. The van der Waals surface area contributed by atoms with Crippen LogP contribution in [-0.2, 0) is 21.2 Å². The molecular formula is C23H24N4O5S2. The second-order valence-electron chi connectivity index (χ2n) is 7.82. The lowest BCUT2D eigenvalue weighted by Gasteiger charge is -2.34. The van der Waals surface area contributed by atoms with E-state index in [1.165, 1.54) is 4.90 Å². The van der Waals surface area contributed by atoms with Crippen molar-refractivity contribution < 1.29 is 22.7 Å². The minimum Gasteiger partial charge on any atom is -0.477 e. The normalized spacial score (nSPS) is 15.2. The van der Waals surface area contributed by atoms with Gasteiger partial charge in [-0.05, 0) is 31.0 Å². The van der Waals surface area contributed by atoms with Crippen molar-refractivity contribution in [2.75, 3.05) is 29.0 Å². The monoisotopic (exact) mass is 500 g/mol. The van der Waals surface area contributed by atoms with Crippen LogP contribution in [0.4, 0.5) is 10.8 Å². The molecule has 1 unspecified atom stereocenters. The minimum atomic E-state index is -3.53. The molecule has 2 heterocycles. The van der Waals surface area contributed by atoms with E-state index in [0.29, 0.717) is 30.1 Å². The number of carbonyl (C=O) groups is 2. The van der Waals surface area contributed by atoms with Crippen molar-refractivity contribution in [3.8, 4) is 5.75 Å². The molecule has 4 rings (SSSR count). The lowest BCUT2D eigenvalue weighted by atomic mass is 10.1. The maximum Gasteiger partial charge on any atom is 0.270 e. The fraction of sp³-hybridized carbons (Fsp3) is 0.261. The van der Waals surface area contributed by atoms with Gasteiger partial charge >= 0.3 is 0 Å². The zero-order valence-electron chi connectivity index (χ0n) is 18.6. The molecular weight excluding hydrogens is 476 g/mol. The highest BCUT2D eigenvalue weighted by molar-refractivity contribution is 7.92.